The van der Waals surface area contributed by atoms with Crippen molar-refractivity contribution in [2.45, 2.75) is 6.42 Å². The molecule has 1 amide bonds. The van der Waals surface area contributed by atoms with Gasteiger partial charge in [-0.15, -0.1) is 0 Å². The van der Waals surface area contributed by atoms with Gasteiger partial charge in [-0.3, -0.25) is 4.79 Å². The molecule has 1 aliphatic heterocycles. The Bertz CT molecular complexity index is 684. The van der Waals surface area contributed by atoms with Crippen LogP contribution in [0.2, 0.25) is 0 Å². The number of rotatable bonds is 3. The lowest BCUT2D eigenvalue weighted by Gasteiger charge is -2.35. The molecule has 3 rings (SSSR count). The van der Waals surface area contributed by atoms with Crippen molar-refractivity contribution in [3.8, 4) is 5.75 Å². The number of hydrogen-bond acceptors (Lipinski definition) is 3. The summed E-state index contributed by atoms with van der Waals surface area (Å²) >= 11 is 0. The molecule has 0 radical (unpaired) electrons. The summed E-state index contributed by atoms with van der Waals surface area (Å²) in [4.78, 5) is 16.8. The fourth-order valence-corrected chi connectivity index (χ4v) is 2.82. The van der Waals surface area contributed by atoms with Crippen LogP contribution in [0.1, 0.15) is 5.56 Å². The van der Waals surface area contributed by atoms with E-state index in [2.05, 4.69) is 18.0 Å². The molecule has 2 aromatic rings. The van der Waals surface area contributed by atoms with Gasteiger partial charge < -0.3 is 14.5 Å². The average Bonchev–Trinajstić information content (AvgIpc) is 2.55. The van der Waals surface area contributed by atoms with Crippen molar-refractivity contribution in [3.63, 3.8) is 0 Å². The first-order valence-electron chi connectivity index (χ1n) is 7.42. The summed E-state index contributed by atoms with van der Waals surface area (Å²) < 4.78 is 5.22. The zero-order valence-corrected chi connectivity index (χ0v) is 13.0. The molecule has 22 heavy (non-hydrogen) atoms. The Morgan fingerprint density at radius 3 is 2.64 bits per heavy atom. The molecule has 0 atom stereocenters. The molecular formula is C18H20N2O2. The Balaban J connectivity index is 1.82. The Labute approximate surface area is 130 Å². The predicted octanol–water partition coefficient (Wildman–Crippen LogP) is 2.72. The van der Waals surface area contributed by atoms with Crippen molar-refractivity contribution in [1.82, 2.24) is 0 Å². The number of para-hydroxylation sites is 2. The minimum absolute atomic E-state index is 0.119. The van der Waals surface area contributed by atoms with Crippen LogP contribution in [0.4, 0.5) is 11.4 Å². The summed E-state index contributed by atoms with van der Waals surface area (Å²) in [6.07, 6.45) is 0.384. The van der Waals surface area contributed by atoms with Crippen molar-refractivity contribution in [2.24, 2.45) is 0 Å². The van der Waals surface area contributed by atoms with Crippen LogP contribution in [-0.2, 0) is 11.2 Å². The highest BCUT2D eigenvalue weighted by Crippen LogP contribution is 2.32. The third-order valence-electron chi connectivity index (χ3n) is 4.03. The molecule has 4 nitrogen and oxygen atoms in total. The third-order valence-corrected chi connectivity index (χ3v) is 4.03. The fraction of sp³-hybridized carbons (Fsp3) is 0.278. The van der Waals surface area contributed by atoms with Crippen LogP contribution in [0.5, 0.6) is 5.75 Å². The molecule has 0 saturated heterocycles. The minimum atomic E-state index is 0.119. The summed E-state index contributed by atoms with van der Waals surface area (Å²) in [5.41, 5.74) is 3.07. The van der Waals surface area contributed by atoms with Crippen LogP contribution < -0.4 is 14.5 Å². The summed E-state index contributed by atoms with van der Waals surface area (Å²) in [5.74, 6) is 0.901. The van der Waals surface area contributed by atoms with Crippen molar-refractivity contribution < 1.29 is 9.53 Å². The van der Waals surface area contributed by atoms with Gasteiger partial charge in [-0.2, -0.15) is 0 Å². The number of methoxy groups -OCH3 is 1. The zero-order valence-electron chi connectivity index (χ0n) is 13.0. The molecule has 4 heteroatoms. The topological polar surface area (TPSA) is 32.8 Å². The molecule has 0 bridgehead atoms. The van der Waals surface area contributed by atoms with Gasteiger partial charge in [0.05, 0.1) is 24.9 Å². The molecule has 0 aromatic heterocycles. The van der Waals surface area contributed by atoms with E-state index in [1.54, 1.807) is 7.11 Å². The second kappa shape index (κ2) is 6.10. The van der Waals surface area contributed by atoms with Crippen molar-refractivity contribution in [2.75, 3.05) is 37.0 Å². The molecule has 114 valence electrons. The lowest BCUT2D eigenvalue weighted by molar-refractivity contribution is -0.118. The molecule has 0 N–H and O–H groups in total. The van der Waals surface area contributed by atoms with Gasteiger partial charge in [0.2, 0.25) is 5.91 Å². The van der Waals surface area contributed by atoms with Crippen molar-refractivity contribution in [3.05, 3.63) is 54.1 Å². The number of nitrogens with zero attached hydrogens (tertiary/aromatic N) is 2. The van der Waals surface area contributed by atoms with E-state index >= 15 is 0 Å². The Morgan fingerprint density at radius 1 is 1.09 bits per heavy atom. The lowest BCUT2D eigenvalue weighted by atomic mass is 10.1. The maximum absolute atomic E-state index is 12.7. The Hall–Kier alpha value is -2.49. The molecule has 0 spiro atoms. The van der Waals surface area contributed by atoms with Gasteiger partial charge in [-0.1, -0.05) is 24.3 Å². The summed E-state index contributed by atoms with van der Waals surface area (Å²) in [6.45, 7) is 1.57. The smallest absolute Gasteiger partial charge is 0.231 e. The summed E-state index contributed by atoms with van der Waals surface area (Å²) in [6, 6.07) is 15.7. The number of likely N-dealkylation sites (N-methyl/N-ethyl adjacent to an activating group) is 1. The van der Waals surface area contributed by atoms with Gasteiger partial charge in [-0.25, -0.2) is 0 Å². The molecule has 1 heterocycles. The number of ether oxygens (including phenoxy) is 1. The van der Waals surface area contributed by atoms with Crippen molar-refractivity contribution >= 4 is 17.3 Å². The van der Waals surface area contributed by atoms with E-state index < -0.39 is 0 Å². The standard InChI is InChI=1S/C18H20N2O2/c1-19-10-11-20(17-9-4-3-8-16(17)19)18(21)13-14-6-5-7-15(12-14)22-2/h3-9,12H,10-11,13H2,1-2H3. The summed E-state index contributed by atoms with van der Waals surface area (Å²) in [7, 11) is 3.69. The lowest BCUT2D eigenvalue weighted by Crippen LogP contribution is -2.43. The van der Waals surface area contributed by atoms with Crippen LogP contribution >= 0.6 is 0 Å². The van der Waals surface area contributed by atoms with Gasteiger partial charge in [0.25, 0.3) is 0 Å². The maximum atomic E-state index is 12.7. The first kappa shape index (κ1) is 14.4. The molecule has 1 aliphatic rings. The number of carbonyl (C=O) groups is 1. The molecule has 0 aliphatic carbocycles. The van der Waals surface area contributed by atoms with Gasteiger partial charge >= 0.3 is 0 Å². The van der Waals surface area contributed by atoms with Crippen molar-refractivity contribution in [1.29, 1.82) is 0 Å². The number of fused-ring (bicyclic) bond motifs is 1. The van der Waals surface area contributed by atoms with E-state index in [1.165, 1.54) is 0 Å². The van der Waals surface area contributed by atoms with Crippen LogP contribution in [0.25, 0.3) is 0 Å². The Morgan fingerprint density at radius 2 is 1.86 bits per heavy atom. The quantitative estimate of drug-likeness (QED) is 0.873. The number of hydrogen-bond donors (Lipinski definition) is 0. The number of benzene rings is 2. The van der Waals surface area contributed by atoms with E-state index in [0.717, 1.165) is 35.8 Å². The fourth-order valence-electron chi connectivity index (χ4n) is 2.82. The Kier molecular flexibility index (Phi) is 4.00. The highest BCUT2D eigenvalue weighted by atomic mass is 16.5. The van der Waals surface area contributed by atoms with Crippen LogP contribution in [0, 0.1) is 0 Å². The summed E-state index contributed by atoms with van der Waals surface area (Å²) in [5, 5.41) is 0. The second-order valence-electron chi connectivity index (χ2n) is 5.48. The van der Waals surface area contributed by atoms with Gasteiger partial charge in [0.1, 0.15) is 5.75 Å². The van der Waals surface area contributed by atoms with Crippen LogP contribution in [-0.4, -0.2) is 33.2 Å². The third kappa shape index (κ3) is 2.77. The average molecular weight is 296 g/mol. The van der Waals surface area contributed by atoms with E-state index in [9.17, 15) is 4.79 Å². The van der Waals surface area contributed by atoms with Gasteiger partial charge in [0, 0.05) is 20.1 Å². The van der Waals surface area contributed by atoms with Crippen LogP contribution in [0.3, 0.4) is 0 Å². The maximum Gasteiger partial charge on any atom is 0.231 e. The molecular weight excluding hydrogens is 276 g/mol. The normalized spacial score (nSPS) is 13.7. The number of amides is 1. The monoisotopic (exact) mass is 296 g/mol. The highest BCUT2D eigenvalue weighted by Gasteiger charge is 2.24. The predicted molar refractivity (Wildman–Crippen MR) is 88.8 cm³/mol. The second-order valence-corrected chi connectivity index (χ2v) is 5.48. The first-order chi connectivity index (χ1) is 10.7. The number of carbonyl (C=O) groups excluding carboxylic acids is 1. The largest absolute Gasteiger partial charge is 0.497 e. The highest BCUT2D eigenvalue weighted by molar-refractivity contribution is 5.98. The molecule has 0 saturated carbocycles. The van der Waals surface area contributed by atoms with E-state index in [4.69, 9.17) is 4.74 Å². The van der Waals surface area contributed by atoms with E-state index in [-0.39, 0.29) is 5.91 Å². The SMILES string of the molecule is COc1cccc(CC(=O)N2CCN(C)c3ccccc32)c1. The molecule has 0 unspecified atom stereocenters. The molecule has 2 aromatic carbocycles. The van der Waals surface area contributed by atoms with Gasteiger partial charge in [0.15, 0.2) is 0 Å². The minimum Gasteiger partial charge on any atom is -0.497 e. The zero-order chi connectivity index (χ0) is 15.5. The molecule has 0 fully saturated rings. The van der Waals surface area contributed by atoms with Crippen LogP contribution in [0.15, 0.2) is 48.5 Å². The number of anilines is 2. The van der Waals surface area contributed by atoms with Gasteiger partial charge in [-0.05, 0) is 29.8 Å². The van der Waals surface area contributed by atoms with E-state index in [1.807, 2.05) is 47.4 Å². The first-order valence-corrected chi connectivity index (χ1v) is 7.42. The van der Waals surface area contributed by atoms with E-state index in [0.29, 0.717) is 6.42 Å².